The van der Waals surface area contributed by atoms with Crippen LogP contribution in [0.4, 0.5) is 0 Å². The summed E-state index contributed by atoms with van der Waals surface area (Å²) in [4.78, 5) is 2.64. The normalized spacial score (nSPS) is 18.2. The molecule has 0 radical (unpaired) electrons. The number of nitrogens with two attached hydrogens (primary N) is 1. The summed E-state index contributed by atoms with van der Waals surface area (Å²) in [6, 6.07) is 0.800. The summed E-state index contributed by atoms with van der Waals surface area (Å²) in [5.74, 6) is 0. The summed E-state index contributed by atoms with van der Waals surface area (Å²) in [7, 11) is 1.81. The third kappa shape index (κ3) is 5.36. The van der Waals surface area contributed by atoms with Crippen LogP contribution in [0.25, 0.3) is 0 Å². The predicted octanol–water partition coefficient (Wildman–Crippen LogP) is 2.39. The van der Waals surface area contributed by atoms with E-state index in [4.69, 9.17) is 10.5 Å². The second kappa shape index (κ2) is 7.34. The zero-order chi connectivity index (χ0) is 12.7. The highest BCUT2D eigenvalue weighted by atomic mass is 16.5. The maximum Gasteiger partial charge on any atom is 0.0634 e. The minimum Gasteiger partial charge on any atom is -0.379 e. The first-order valence-electron chi connectivity index (χ1n) is 7.08. The Kier molecular flexibility index (Phi) is 6.45. The van der Waals surface area contributed by atoms with E-state index in [1.54, 1.807) is 7.11 Å². The molecule has 0 bridgehead atoms. The summed E-state index contributed by atoms with van der Waals surface area (Å²) < 4.78 is 5.50. The molecule has 102 valence electrons. The van der Waals surface area contributed by atoms with Crippen molar-refractivity contribution in [3.63, 3.8) is 0 Å². The fourth-order valence-electron chi connectivity index (χ4n) is 2.56. The number of hydrogen-bond acceptors (Lipinski definition) is 3. The molecule has 0 aromatic heterocycles. The lowest BCUT2D eigenvalue weighted by molar-refractivity contribution is 0.00396. The second-order valence-electron chi connectivity index (χ2n) is 5.83. The summed E-state index contributed by atoms with van der Waals surface area (Å²) in [5, 5.41) is 0. The number of hydrogen-bond donors (Lipinski definition) is 1. The van der Waals surface area contributed by atoms with Gasteiger partial charge in [-0.3, -0.25) is 0 Å². The van der Waals surface area contributed by atoms with E-state index in [0.29, 0.717) is 0 Å². The van der Waals surface area contributed by atoms with E-state index in [9.17, 15) is 0 Å². The van der Waals surface area contributed by atoms with Gasteiger partial charge in [0.1, 0.15) is 0 Å². The molecule has 17 heavy (non-hydrogen) atoms. The van der Waals surface area contributed by atoms with Crippen LogP contribution in [0.1, 0.15) is 52.4 Å². The Balaban J connectivity index is 2.39. The van der Waals surface area contributed by atoms with E-state index in [1.807, 2.05) is 0 Å². The van der Waals surface area contributed by atoms with E-state index in [1.165, 1.54) is 25.7 Å². The van der Waals surface area contributed by atoms with Crippen LogP contribution in [0.5, 0.6) is 0 Å². The van der Waals surface area contributed by atoms with Gasteiger partial charge in [0.15, 0.2) is 0 Å². The molecular formula is C14H30N2O. The molecule has 0 aromatic rings. The van der Waals surface area contributed by atoms with Gasteiger partial charge in [0.25, 0.3) is 0 Å². The Labute approximate surface area is 107 Å². The molecule has 1 aliphatic carbocycles. The molecule has 0 unspecified atom stereocenters. The lowest BCUT2D eigenvalue weighted by Gasteiger charge is -2.32. The maximum absolute atomic E-state index is 5.63. The molecule has 1 fully saturated rings. The monoisotopic (exact) mass is 242 g/mol. The van der Waals surface area contributed by atoms with Gasteiger partial charge in [0.05, 0.1) is 5.60 Å². The first-order chi connectivity index (χ1) is 8.09. The fourth-order valence-corrected chi connectivity index (χ4v) is 2.56. The molecule has 3 heteroatoms. The summed E-state index contributed by atoms with van der Waals surface area (Å²) in [5.41, 5.74) is 5.63. The molecule has 0 spiro atoms. The second-order valence-corrected chi connectivity index (χ2v) is 5.83. The Hall–Kier alpha value is -0.120. The van der Waals surface area contributed by atoms with Gasteiger partial charge in [-0.15, -0.1) is 0 Å². The number of rotatable bonds is 8. The third-order valence-electron chi connectivity index (χ3n) is 4.04. The molecule has 1 saturated carbocycles. The van der Waals surface area contributed by atoms with Crippen LogP contribution < -0.4 is 5.73 Å². The molecule has 1 aliphatic rings. The standard InChI is InChI=1S/C14H30N2O/c1-14(2,17-3)9-12-16(11-6-10-15)13-7-4-5-8-13/h13H,4-12,15H2,1-3H3. The minimum atomic E-state index is -0.000428. The summed E-state index contributed by atoms with van der Waals surface area (Å²) in [6.45, 7) is 7.44. The molecule has 1 rings (SSSR count). The molecular weight excluding hydrogens is 212 g/mol. The van der Waals surface area contributed by atoms with Crippen LogP contribution in [0.2, 0.25) is 0 Å². The van der Waals surface area contributed by atoms with Crippen LogP contribution in [0, 0.1) is 0 Å². The average Bonchev–Trinajstić information content (AvgIpc) is 2.83. The van der Waals surface area contributed by atoms with Gasteiger partial charge in [-0.25, -0.2) is 0 Å². The smallest absolute Gasteiger partial charge is 0.0634 e. The maximum atomic E-state index is 5.63. The lowest BCUT2D eigenvalue weighted by atomic mass is 10.0. The Morgan fingerprint density at radius 1 is 1.24 bits per heavy atom. The average molecular weight is 242 g/mol. The van der Waals surface area contributed by atoms with Crippen molar-refractivity contribution in [1.82, 2.24) is 4.90 Å². The minimum absolute atomic E-state index is 0.000428. The fraction of sp³-hybridized carbons (Fsp3) is 1.00. The van der Waals surface area contributed by atoms with Crippen molar-refractivity contribution in [1.29, 1.82) is 0 Å². The Morgan fingerprint density at radius 2 is 1.88 bits per heavy atom. The van der Waals surface area contributed by atoms with Crippen LogP contribution in [0.15, 0.2) is 0 Å². The highest BCUT2D eigenvalue weighted by Crippen LogP contribution is 2.25. The highest BCUT2D eigenvalue weighted by Gasteiger charge is 2.24. The van der Waals surface area contributed by atoms with E-state index in [-0.39, 0.29) is 5.60 Å². The first kappa shape index (κ1) is 14.9. The van der Waals surface area contributed by atoms with Crippen molar-refractivity contribution in [3.8, 4) is 0 Å². The van der Waals surface area contributed by atoms with Crippen molar-refractivity contribution in [2.45, 2.75) is 64.0 Å². The van der Waals surface area contributed by atoms with E-state index in [2.05, 4.69) is 18.7 Å². The number of ether oxygens (including phenoxy) is 1. The zero-order valence-corrected chi connectivity index (χ0v) is 11.9. The van der Waals surface area contributed by atoms with Gasteiger partial charge in [-0.1, -0.05) is 12.8 Å². The van der Waals surface area contributed by atoms with Crippen LogP contribution >= 0.6 is 0 Å². The van der Waals surface area contributed by atoms with Gasteiger partial charge < -0.3 is 15.4 Å². The largest absolute Gasteiger partial charge is 0.379 e. The van der Waals surface area contributed by atoms with Gasteiger partial charge in [0, 0.05) is 19.7 Å². The van der Waals surface area contributed by atoms with Crippen molar-refractivity contribution in [3.05, 3.63) is 0 Å². The van der Waals surface area contributed by atoms with Crippen LogP contribution in [-0.2, 0) is 4.74 Å². The van der Waals surface area contributed by atoms with Crippen LogP contribution in [0.3, 0.4) is 0 Å². The molecule has 3 nitrogen and oxygen atoms in total. The van der Waals surface area contributed by atoms with Gasteiger partial charge in [-0.2, -0.15) is 0 Å². The Morgan fingerprint density at radius 3 is 2.41 bits per heavy atom. The van der Waals surface area contributed by atoms with Crippen molar-refractivity contribution < 1.29 is 4.74 Å². The highest BCUT2D eigenvalue weighted by molar-refractivity contribution is 4.80. The van der Waals surface area contributed by atoms with Gasteiger partial charge >= 0.3 is 0 Å². The van der Waals surface area contributed by atoms with Crippen molar-refractivity contribution in [2.24, 2.45) is 5.73 Å². The quantitative estimate of drug-likeness (QED) is 0.710. The predicted molar refractivity (Wildman–Crippen MR) is 73.2 cm³/mol. The molecule has 2 N–H and O–H groups in total. The first-order valence-corrected chi connectivity index (χ1v) is 7.08. The topological polar surface area (TPSA) is 38.5 Å². The van der Waals surface area contributed by atoms with E-state index in [0.717, 1.165) is 38.5 Å². The zero-order valence-electron chi connectivity index (χ0n) is 11.9. The molecule has 0 amide bonds. The third-order valence-corrected chi connectivity index (χ3v) is 4.04. The number of nitrogens with zero attached hydrogens (tertiary/aromatic N) is 1. The van der Waals surface area contributed by atoms with Gasteiger partial charge in [-0.05, 0) is 52.6 Å². The molecule has 0 saturated heterocycles. The lowest BCUT2D eigenvalue weighted by Crippen LogP contribution is -2.39. The molecule has 0 aliphatic heterocycles. The van der Waals surface area contributed by atoms with E-state index >= 15 is 0 Å². The van der Waals surface area contributed by atoms with E-state index < -0.39 is 0 Å². The van der Waals surface area contributed by atoms with Crippen molar-refractivity contribution >= 4 is 0 Å². The summed E-state index contributed by atoms with van der Waals surface area (Å²) >= 11 is 0. The summed E-state index contributed by atoms with van der Waals surface area (Å²) in [6.07, 6.45) is 7.76. The van der Waals surface area contributed by atoms with Crippen molar-refractivity contribution in [2.75, 3.05) is 26.7 Å². The Bertz CT molecular complexity index is 200. The number of methoxy groups -OCH3 is 1. The molecule has 0 aromatic carbocycles. The molecule has 0 heterocycles. The SMILES string of the molecule is COC(C)(C)CCN(CCCN)C1CCCC1. The van der Waals surface area contributed by atoms with Gasteiger partial charge in [0.2, 0.25) is 0 Å². The van der Waals surface area contributed by atoms with Crippen LogP contribution in [-0.4, -0.2) is 43.3 Å². The molecule has 0 atom stereocenters.